The van der Waals surface area contributed by atoms with Gasteiger partial charge in [0.1, 0.15) is 6.04 Å². The fourth-order valence-electron chi connectivity index (χ4n) is 3.65. The number of carbonyl (C=O) groups is 1. The maximum Gasteiger partial charge on any atom is 0.265 e. The van der Waals surface area contributed by atoms with E-state index in [0.29, 0.717) is 24.8 Å². The van der Waals surface area contributed by atoms with Crippen LogP contribution in [-0.4, -0.2) is 44.2 Å². The third-order valence-electron chi connectivity index (χ3n) is 5.10. The summed E-state index contributed by atoms with van der Waals surface area (Å²) in [7, 11) is 0. The van der Waals surface area contributed by atoms with Crippen molar-refractivity contribution < 1.29 is 14.5 Å². The molecule has 2 N–H and O–H groups in total. The quantitative estimate of drug-likeness (QED) is 0.518. The molecule has 1 atom stereocenters. The molecule has 1 saturated heterocycles. The third kappa shape index (κ3) is 3.78. The predicted molar refractivity (Wildman–Crippen MR) is 100 cm³/mol. The summed E-state index contributed by atoms with van der Waals surface area (Å²) in [5.41, 5.74) is 3.52. The van der Waals surface area contributed by atoms with Crippen LogP contribution in [0.15, 0.2) is 59.4 Å². The smallest absolute Gasteiger partial charge is 0.265 e. The highest BCUT2D eigenvalue weighted by Gasteiger charge is 2.33. The van der Waals surface area contributed by atoms with Gasteiger partial charge in [-0.25, -0.2) is 5.48 Å². The van der Waals surface area contributed by atoms with E-state index in [-0.39, 0.29) is 5.92 Å². The van der Waals surface area contributed by atoms with Crippen LogP contribution in [-0.2, 0) is 4.79 Å². The number of hydrogen-bond acceptors (Lipinski definition) is 7. The van der Waals surface area contributed by atoms with Crippen LogP contribution in [0.4, 0.5) is 0 Å². The molecule has 3 heterocycles. The molecule has 0 radical (unpaired) electrons. The first-order chi connectivity index (χ1) is 13.8. The Morgan fingerprint density at radius 3 is 2.54 bits per heavy atom. The minimum absolute atomic E-state index is 0.146. The molecular weight excluding hydrogens is 358 g/mol. The highest BCUT2D eigenvalue weighted by molar-refractivity contribution is 5.82. The molecule has 1 aliphatic rings. The lowest BCUT2D eigenvalue weighted by Crippen LogP contribution is -2.43. The third-order valence-corrected chi connectivity index (χ3v) is 5.10. The zero-order valence-corrected chi connectivity index (χ0v) is 15.2. The number of amides is 1. The lowest BCUT2D eigenvalue weighted by atomic mass is 9.94. The number of benzene rings is 1. The molecule has 1 aliphatic heterocycles. The number of hydrogen-bond donors (Lipinski definition) is 2. The van der Waals surface area contributed by atoms with Crippen molar-refractivity contribution in [2.75, 3.05) is 13.1 Å². The van der Waals surface area contributed by atoms with E-state index < -0.39 is 11.9 Å². The van der Waals surface area contributed by atoms with Gasteiger partial charge in [0.15, 0.2) is 0 Å². The molecule has 144 valence electrons. The summed E-state index contributed by atoms with van der Waals surface area (Å²) in [6.07, 6.45) is 4.97. The van der Waals surface area contributed by atoms with Crippen LogP contribution in [0.3, 0.4) is 0 Å². The van der Waals surface area contributed by atoms with E-state index in [9.17, 15) is 10.0 Å². The molecule has 2 aromatic heterocycles. The number of nitrogens with zero attached hydrogens (tertiary/aromatic N) is 4. The fraction of sp³-hybridized carbons (Fsp3) is 0.300. The molecule has 0 spiro atoms. The number of rotatable bonds is 5. The molecule has 0 aliphatic carbocycles. The second-order valence-corrected chi connectivity index (χ2v) is 6.79. The summed E-state index contributed by atoms with van der Waals surface area (Å²) in [5, 5.41) is 13.3. The molecule has 28 heavy (non-hydrogen) atoms. The Morgan fingerprint density at radius 1 is 1.14 bits per heavy atom. The first-order valence-electron chi connectivity index (χ1n) is 9.23. The van der Waals surface area contributed by atoms with E-state index in [0.717, 1.165) is 24.0 Å². The molecule has 1 fully saturated rings. The summed E-state index contributed by atoms with van der Waals surface area (Å²) in [4.78, 5) is 22.9. The number of hydroxylamine groups is 1. The molecule has 0 bridgehead atoms. The van der Waals surface area contributed by atoms with Crippen LogP contribution in [0, 0.1) is 0 Å². The molecule has 8 heteroatoms. The number of nitrogens with one attached hydrogen (secondary N) is 1. The minimum Gasteiger partial charge on any atom is -0.339 e. The van der Waals surface area contributed by atoms with Gasteiger partial charge in [0.2, 0.25) is 11.7 Å². The topological polar surface area (TPSA) is 104 Å². The number of aromatic nitrogens is 3. The second-order valence-electron chi connectivity index (χ2n) is 6.79. The van der Waals surface area contributed by atoms with Crippen molar-refractivity contribution in [1.82, 2.24) is 25.5 Å². The van der Waals surface area contributed by atoms with Gasteiger partial charge in [-0.15, -0.1) is 0 Å². The number of likely N-dealkylation sites (tertiary alicyclic amines) is 1. The van der Waals surface area contributed by atoms with Crippen molar-refractivity contribution >= 4 is 5.91 Å². The van der Waals surface area contributed by atoms with Gasteiger partial charge in [-0.3, -0.25) is 19.9 Å². The zero-order chi connectivity index (χ0) is 19.3. The second kappa shape index (κ2) is 8.28. The Morgan fingerprint density at radius 2 is 1.86 bits per heavy atom. The summed E-state index contributed by atoms with van der Waals surface area (Å²) < 4.78 is 5.49. The lowest BCUT2D eigenvalue weighted by Gasteiger charge is -2.35. The number of carbonyl (C=O) groups excluding carboxylic acids is 1. The highest BCUT2D eigenvalue weighted by Crippen LogP contribution is 2.32. The fourth-order valence-corrected chi connectivity index (χ4v) is 3.65. The number of piperidine rings is 1. The Bertz CT molecular complexity index is 908. The molecule has 0 saturated carbocycles. The Hall–Kier alpha value is -3.10. The van der Waals surface area contributed by atoms with Gasteiger partial charge in [-0.1, -0.05) is 35.5 Å². The maximum atomic E-state index is 12.3. The Kier molecular flexibility index (Phi) is 5.41. The van der Waals surface area contributed by atoms with Crippen molar-refractivity contribution in [3.63, 3.8) is 0 Å². The first-order valence-corrected chi connectivity index (χ1v) is 9.23. The first kappa shape index (κ1) is 18.3. The van der Waals surface area contributed by atoms with E-state index in [1.54, 1.807) is 17.9 Å². The van der Waals surface area contributed by atoms with Crippen LogP contribution in [0.5, 0.6) is 0 Å². The highest BCUT2D eigenvalue weighted by atomic mass is 16.5. The molecule has 1 amide bonds. The largest absolute Gasteiger partial charge is 0.339 e. The Balaban J connectivity index is 1.45. The molecule has 1 aromatic carbocycles. The summed E-state index contributed by atoms with van der Waals surface area (Å²) in [6, 6.07) is 12.6. The van der Waals surface area contributed by atoms with E-state index in [1.807, 2.05) is 42.5 Å². The average Bonchev–Trinajstić information content (AvgIpc) is 3.26. The molecule has 4 rings (SSSR count). The summed E-state index contributed by atoms with van der Waals surface area (Å²) in [6.45, 7) is 1.37. The monoisotopic (exact) mass is 379 g/mol. The molecule has 8 nitrogen and oxygen atoms in total. The van der Waals surface area contributed by atoms with Gasteiger partial charge < -0.3 is 4.52 Å². The van der Waals surface area contributed by atoms with Crippen molar-refractivity contribution in [2.45, 2.75) is 24.8 Å². The van der Waals surface area contributed by atoms with Crippen molar-refractivity contribution in [3.05, 3.63) is 66.3 Å². The van der Waals surface area contributed by atoms with E-state index in [1.165, 1.54) is 0 Å². The van der Waals surface area contributed by atoms with Crippen LogP contribution in [0.2, 0.25) is 0 Å². The van der Waals surface area contributed by atoms with E-state index in [4.69, 9.17) is 4.52 Å². The van der Waals surface area contributed by atoms with Gasteiger partial charge in [0.25, 0.3) is 5.91 Å². The van der Waals surface area contributed by atoms with Gasteiger partial charge in [-0.2, -0.15) is 4.98 Å². The predicted octanol–water partition coefficient (Wildman–Crippen LogP) is 2.56. The SMILES string of the molecule is O=C(NO)C(c1ccccc1)N1CCC(c2nc(-c3ccncc3)no2)CC1. The van der Waals surface area contributed by atoms with Crippen LogP contribution >= 0.6 is 0 Å². The van der Waals surface area contributed by atoms with Crippen molar-refractivity contribution in [1.29, 1.82) is 0 Å². The van der Waals surface area contributed by atoms with Crippen LogP contribution < -0.4 is 5.48 Å². The number of pyridine rings is 1. The summed E-state index contributed by atoms with van der Waals surface area (Å²) in [5.74, 6) is 0.895. The van der Waals surface area contributed by atoms with Crippen LogP contribution in [0.25, 0.3) is 11.4 Å². The van der Waals surface area contributed by atoms with Gasteiger partial charge >= 0.3 is 0 Å². The van der Waals surface area contributed by atoms with Gasteiger partial charge in [0, 0.05) is 23.9 Å². The lowest BCUT2D eigenvalue weighted by molar-refractivity contribution is -0.135. The van der Waals surface area contributed by atoms with E-state index in [2.05, 4.69) is 20.0 Å². The average molecular weight is 379 g/mol. The van der Waals surface area contributed by atoms with Gasteiger partial charge in [0.05, 0.1) is 0 Å². The normalized spacial score (nSPS) is 16.6. The summed E-state index contributed by atoms with van der Waals surface area (Å²) >= 11 is 0. The van der Waals surface area contributed by atoms with E-state index >= 15 is 0 Å². The van der Waals surface area contributed by atoms with Crippen molar-refractivity contribution in [2.24, 2.45) is 0 Å². The molecule has 3 aromatic rings. The standard InChI is InChI=1S/C20H21N5O3/c26-19(23-27)17(14-4-2-1-3-5-14)25-12-8-16(9-13-25)20-22-18(24-28-20)15-6-10-21-11-7-15/h1-7,10-11,16-17,27H,8-9,12-13H2,(H,23,26). The Labute approximate surface area is 162 Å². The minimum atomic E-state index is -0.526. The van der Waals surface area contributed by atoms with Crippen molar-refractivity contribution in [3.8, 4) is 11.4 Å². The zero-order valence-electron chi connectivity index (χ0n) is 15.2. The molecule has 1 unspecified atom stereocenters. The van der Waals surface area contributed by atoms with Gasteiger partial charge in [-0.05, 0) is 43.6 Å². The van der Waals surface area contributed by atoms with Crippen LogP contribution in [0.1, 0.15) is 36.3 Å². The maximum absolute atomic E-state index is 12.3. The molecular formula is C20H21N5O3.